The standard InChI is InChI=1S/C31H29N3O4.C24H19N5O3/c35-29-24-9-3-4-10-25(24)30(36)34(29)20-18-28-32-27-12-6-5-11-26(27)31(37)33(28)19-17-21-13-15-23(16-14-21)38-22-7-1-2-8-22;30-22-17-5-1-2-6-18(17)23(31)29(22)14-10-21-27-20-8-4-3-7-19(20)24(32)28(21)13-9-16-15-25-11-12-26-16/h3-6,9-16,22H,1-2,7-8,17-20H2;1-8,11-12,15H,9-10,13-14H2. The van der Waals surface area contributed by atoms with Gasteiger partial charge in [-0.3, -0.25) is 57.7 Å². The van der Waals surface area contributed by atoms with Crippen molar-refractivity contribution in [3.05, 3.63) is 206 Å². The molecule has 0 bridgehead atoms. The summed E-state index contributed by atoms with van der Waals surface area (Å²) < 4.78 is 9.37. The van der Waals surface area contributed by atoms with Crippen molar-refractivity contribution in [2.45, 2.75) is 70.6 Å². The van der Waals surface area contributed by atoms with Crippen molar-refractivity contribution >= 4 is 45.4 Å². The monoisotopic (exact) mass is 932 g/mol. The SMILES string of the molecule is O=C1c2ccccc2C(=O)N1CCc1nc2ccccc2c(=O)n1CCc1ccc(OC2CCCC2)cc1.O=C1c2ccccc2C(=O)N1CCc1nc2ccccc2c(=O)n1CCc1cnccn1. The molecule has 2 aliphatic heterocycles. The van der Waals surface area contributed by atoms with E-state index in [2.05, 4.69) is 15.0 Å². The maximum Gasteiger partial charge on any atom is 0.261 e. The fraction of sp³-hybridized carbons (Fsp3) is 0.236. The van der Waals surface area contributed by atoms with Crippen LogP contribution in [0, 0.1) is 0 Å². The Bertz CT molecular complexity index is 3350. The summed E-state index contributed by atoms with van der Waals surface area (Å²) in [4.78, 5) is 98.1. The van der Waals surface area contributed by atoms with Crippen LogP contribution < -0.4 is 15.9 Å². The molecule has 0 N–H and O–H groups in total. The first-order valence-electron chi connectivity index (χ1n) is 23.6. The number of benzene rings is 5. The second-order valence-corrected chi connectivity index (χ2v) is 17.5. The summed E-state index contributed by atoms with van der Waals surface area (Å²) in [5.41, 5.74) is 4.43. The second-order valence-electron chi connectivity index (χ2n) is 17.5. The van der Waals surface area contributed by atoms with Gasteiger partial charge in [0, 0.05) is 64.0 Å². The molecule has 70 heavy (non-hydrogen) atoms. The van der Waals surface area contributed by atoms with Gasteiger partial charge in [0.25, 0.3) is 34.7 Å². The normalized spacial score (nSPS) is 14.3. The zero-order valence-electron chi connectivity index (χ0n) is 38.3. The lowest BCUT2D eigenvalue weighted by Crippen LogP contribution is -2.34. The third-order valence-corrected chi connectivity index (χ3v) is 13.1. The first-order valence-corrected chi connectivity index (χ1v) is 23.6. The van der Waals surface area contributed by atoms with Crippen molar-refractivity contribution in [1.29, 1.82) is 0 Å². The molecule has 15 heteroatoms. The molecule has 5 aromatic carbocycles. The summed E-state index contributed by atoms with van der Waals surface area (Å²) in [6.07, 6.45) is 11.6. The van der Waals surface area contributed by atoms with E-state index in [4.69, 9.17) is 9.72 Å². The molecule has 3 aromatic heterocycles. The highest BCUT2D eigenvalue weighted by molar-refractivity contribution is 6.22. The summed E-state index contributed by atoms with van der Waals surface area (Å²) in [6.45, 7) is 1.11. The van der Waals surface area contributed by atoms with Crippen molar-refractivity contribution in [3.63, 3.8) is 0 Å². The van der Waals surface area contributed by atoms with E-state index in [1.54, 1.807) is 101 Å². The minimum absolute atomic E-state index is 0.117. The molecule has 0 unspecified atom stereocenters. The highest BCUT2D eigenvalue weighted by Crippen LogP contribution is 2.26. The molecule has 0 spiro atoms. The van der Waals surface area contributed by atoms with E-state index in [0.29, 0.717) is 94.2 Å². The molecule has 0 saturated heterocycles. The van der Waals surface area contributed by atoms with Crippen molar-refractivity contribution in [2.75, 3.05) is 13.1 Å². The third kappa shape index (κ3) is 9.25. The molecule has 4 amide bonds. The number of rotatable bonds is 14. The van der Waals surface area contributed by atoms with Gasteiger partial charge in [0.1, 0.15) is 17.4 Å². The lowest BCUT2D eigenvalue weighted by Gasteiger charge is -2.17. The molecule has 0 radical (unpaired) electrons. The van der Waals surface area contributed by atoms with E-state index in [1.165, 1.54) is 22.6 Å². The number of fused-ring (bicyclic) bond motifs is 4. The lowest BCUT2D eigenvalue weighted by molar-refractivity contribution is 0.0639. The topological polar surface area (TPSA) is 180 Å². The van der Waals surface area contributed by atoms with Gasteiger partial charge in [-0.1, -0.05) is 60.7 Å². The predicted octanol–water partition coefficient (Wildman–Crippen LogP) is 7.07. The summed E-state index contributed by atoms with van der Waals surface area (Å²) in [6, 6.07) is 36.2. The molecule has 0 atom stereocenters. The van der Waals surface area contributed by atoms with E-state index < -0.39 is 0 Å². The number of amides is 4. The van der Waals surface area contributed by atoms with Crippen LogP contribution >= 0.6 is 0 Å². The summed E-state index contributed by atoms with van der Waals surface area (Å²) in [5, 5.41) is 1.08. The molecule has 3 aliphatic rings. The fourth-order valence-electron chi connectivity index (χ4n) is 9.44. The number of nitrogens with zero attached hydrogens (tertiary/aromatic N) is 8. The van der Waals surface area contributed by atoms with Crippen LogP contribution in [0.1, 0.15) is 90.0 Å². The van der Waals surface area contributed by atoms with Gasteiger partial charge in [-0.2, -0.15) is 0 Å². The smallest absolute Gasteiger partial charge is 0.261 e. The van der Waals surface area contributed by atoms with Crippen LogP contribution in [0.5, 0.6) is 5.75 Å². The zero-order chi connectivity index (χ0) is 48.1. The van der Waals surface area contributed by atoms with Gasteiger partial charge >= 0.3 is 0 Å². The Kier molecular flexibility index (Phi) is 13.0. The molecule has 350 valence electrons. The maximum atomic E-state index is 13.5. The third-order valence-electron chi connectivity index (χ3n) is 13.1. The van der Waals surface area contributed by atoms with Gasteiger partial charge in [-0.15, -0.1) is 0 Å². The molecule has 5 heterocycles. The van der Waals surface area contributed by atoms with Crippen LogP contribution in [0.15, 0.2) is 150 Å². The number of aryl methyl sites for hydroxylation is 2. The fourth-order valence-corrected chi connectivity index (χ4v) is 9.44. The minimum Gasteiger partial charge on any atom is -0.490 e. The van der Waals surface area contributed by atoms with E-state index in [1.807, 2.05) is 48.5 Å². The number of carbonyl (C=O) groups is 4. The van der Waals surface area contributed by atoms with Crippen LogP contribution in [0.25, 0.3) is 21.8 Å². The van der Waals surface area contributed by atoms with Crippen LogP contribution in [0.3, 0.4) is 0 Å². The van der Waals surface area contributed by atoms with E-state index in [9.17, 15) is 28.8 Å². The highest BCUT2D eigenvalue weighted by atomic mass is 16.5. The number of ether oxygens (including phenoxy) is 1. The van der Waals surface area contributed by atoms with E-state index in [0.717, 1.165) is 29.8 Å². The van der Waals surface area contributed by atoms with Gasteiger partial charge in [0.05, 0.1) is 55.9 Å². The van der Waals surface area contributed by atoms with Gasteiger partial charge in [0.2, 0.25) is 0 Å². The van der Waals surface area contributed by atoms with Crippen molar-refractivity contribution in [2.24, 2.45) is 0 Å². The molecule has 15 nitrogen and oxygen atoms in total. The molecular weight excluding hydrogens is 885 g/mol. The number of para-hydroxylation sites is 2. The van der Waals surface area contributed by atoms with Gasteiger partial charge in [-0.05, 0) is 98.3 Å². The average molecular weight is 933 g/mol. The number of hydrogen-bond donors (Lipinski definition) is 0. The van der Waals surface area contributed by atoms with Gasteiger partial charge in [-0.25, -0.2) is 9.97 Å². The summed E-state index contributed by atoms with van der Waals surface area (Å²) in [5.74, 6) is 0.715. The molecule has 1 saturated carbocycles. The van der Waals surface area contributed by atoms with E-state index in [-0.39, 0.29) is 54.3 Å². The van der Waals surface area contributed by atoms with Crippen molar-refractivity contribution in [1.82, 2.24) is 38.9 Å². The Morgan fingerprint density at radius 2 is 0.943 bits per heavy atom. The first kappa shape index (κ1) is 45.3. The highest BCUT2D eigenvalue weighted by Gasteiger charge is 2.36. The van der Waals surface area contributed by atoms with Crippen LogP contribution in [-0.2, 0) is 38.8 Å². The minimum atomic E-state index is -0.320. The summed E-state index contributed by atoms with van der Waals surface area (Å²) >= 11 is 0. The quantitative estimate of drug-likeness (QED) is 0.102. The Balaban J connectivity index is 0.000000165. The Morgan fingerprint density at radius 1 is 0.486 bits per heavy atom. The first-order chi connectivity index (χ1) is 34.2. The Morgan fingerprint density at radius 3 is 1.41 bits per heavy atom. The molecule has 1 aliphatic carbocycles. The number of imide groups is 2. The van der Waals surface area contributed by atoms with Crippen LogP contribution in [0.2, 0.25) is 0 Å². The second kappa shape index (κ2) is 20.0. The van der Waals surface area contributed by atoms with Crippen molar-refractivity contribution < 1.29 is 23.9 Å². The number of carbonyl (C=O) groups excluding carboxylic acids is 4. The Labute approximate surface area is 402 Å². The van der Waals surface area contributed by atoms with E-state index >= 15 is 0 Å². The number of hydrogen-bond acceptors (Lipinski definition) is 11. The predicted molar refractivity (Wildman–Crippen MR) is 262 cm³/mol. The summed E-state index contributed by atoms with van der Waals surface area (Å²) in [7, 11) is 0. The zero-order valence-corrected chi connectivity index (χ0v) is 38.3. The van der Waals surface area contributed by atoms with Gasteiger partial charge in [0.15, 0.2) is 0 Å². The van der Waals surface area contributed by atoms with Crippen molar-refractivity contribution in [3.8, 4) is 5.75 Å². The molecule has 8 aromatic rings. The lowest BCUT2D eigenvalue weighted by atomic mass is 10.1. The molecule has 11 rings (SSSR count). The maximum absolute atomic E-state index is 13.5. The number of aromatic nitrogens is 6. The van der Waals surface area contributed by atoms with Crippen LogP contribution in [0.4, 0.5) is 0 Å². The molecule has 1 fully saturated rings. The van der Waals surface area contributed by atoms with Crippen LogP contribution in [-0.4, -0.2) is 81.7 Å². The Hall–Kier alpha value is -8.46. The average Bonchev–Trinajstić information content (AvgIpc) is 4.07. The van der Waals surface area contributed by atoms with Gasteiger partial charge < -0.3 is 4.74 Å². The largest absolute Gasteiger partial charge is 0.490 e. The molecular formula is C55H48N8O7.